The Labute approximate surface area is 91.6 Å². The van der Waals surface area contributed by atoms with Gasteiger partial charge in [-0.1, -0.05) is 31.8 Å². The Morgan fingerprint density at radius 2 is 1.93 bits per heavy atom. The highest BCUT2D eigenvalue weighted by Gasteiger charge is 2.27. The highest BCUT2D eigenvalue weighted by molar-refractivity contribution is 5.87. The summed E-state index contributed by atoms with van der Waals surface area (Å²) in [5.74, 6) is -0.116. The van der Waals surface area contributed by atoms with Crippen molar-refractivity contribution in [2.75, 3.05) is 6.54 Å². The molecular formula is C12H21NO2. The second-order valence-corrected chi connectivity index (χ2v) is 4.36. The van der Waals surface area contributed by atoms with Gasteiger partial charge in [0.05, 0.1) is 5.60 Å². The fourth-order valence-electron chi connectivity index (χ4n) is 2.03. The third-order valence-corrected chi connectivity index (χ3v) is 2.94. The van der Waals surface area contributed by atoms with Crippen molar-refractivity contribution in [1.29, 1.82) is 0 Å². The molecule has 0 aromatic heterocycles. The molecule has 0 atom stereocenters. The maximum Gasteiger partial charge on any atom is 0.243 e. The van der Waals surface area contributed by atoms with Crippen molar-refractivity contribution in [1.82, 2.24) is 5.32 Å². The summed E-state index contributed by atoms with van der Waals surface area (Å²) in [5, 5.41) is 13.0. The van der Waals surface area contributed by atoms with Gasteiger partial charge in [0.1, 0.15) is 0 Å². The molecule has 1 aliphatic rings. The lowest BCUT2D eigenvalue weighted by Crippen LogP contribution is -2.42. The monoisotopic (exact) mass is 211 g/mol. The molecule has 1 amide bonds. The predicted octanol–water partition coefficient (Wildman–Crippen LogP) is 1.76. The lowest BCUT2D eigenvalue weighted by Gasteiger charge is -2.26. The maximum atomic E-state index is 11.2. The average molecular weight is 211 g/mol. The van der Waals surface area contributed by atoms with E-state index in [2.05, 4.69) is 5.32 Å². The summed E-state index contributed by atoms with van der Waals surface area (Å²) in [6, 6.07) is 0. The molecule has 0 saturated heterocycles. The minimum atomic E-state index is -0.673. The lowest BCUT2D eigenvalue weighted by atomic mass is 9.94. The third kappa shape index (κ3) is 4.47. The summed E-state index contributed by atoms with van der Waals surface area (Å²) < 4.78 is 0. The van der Waals surface area contributed by atoms with Crippen LogP contribution >= 0.6 is 0 Å². The van der Waals surface area contributed by atoms with Crippen LogP contribution in [0.25, 0.3) is 0 Å². The molecule has 1 aliphatic carbocycles. The smallest absolute Gasteiger partial charge is 0.243 e. The Morgan fingerprint density at radius 1 is 1.33 bits per heavy atom. The molecule has 1 saturated carbocycles. The Kier molecular flexibility index (Phi) is 4.82. The molecule has 86 valence electrons. The zero-order chi connectivity index (χ0) is 11.1. The molecule has 0 aromatic rings. The van der Waals surface area contributed by atoms with Crippen LogP contribution in [0.1, 0.15) is 45.4 Å². The number of carbonyl (C=O) groups excluding carboxylic acids is 1. The first kappa shape index (κ1) is 12.2. The zero-order valence-electron chi connectivity index (χ0n) is 9.46. The van der Waals surface area contributed by atoms with Gasteiger partial charge in [0, 0.05) is 6.54 Å². The van der Waals surface area contributed by atoms with Crippen LogP contribution in [0, 0.1) is 0 Å². The number of allylic oxidation sites excluding steroid dienone is 1. The topological polar surface area (TPSA) is 49.3 Å². The molecule has 0 spiro atoms. The van der Waals surface area contributed by atoms with Gasteiger partial charge < -0.3 is 10.4 Å². The average Bonchev–Trinajstić information content (AvgIpc) is 2.42. The standard InChI is InChI=1S/C12H21NO2/c1-2-7-11(14)13-10-12(15)8-5-3-4-6-9-12/h2,7,15H,3-6,8-10H2,1H3,(H,13,14). The molecule has 1 fully saturated rings. The lowest BCUT2D eigenvalue weighted by molar-refractivity contribution is -0.117. The Hall–Kier alpha value is -0.830. The van der Waals surface area contributed by atoms with Gasteiger partial charge in [-0.15, -0.1) is 0 Å². The van der Waals surface area contributed by atoms with Gasteiger partial charge in [-0.25, -0.2) is 0 Å². The molecule has 0 aliphatic heterocycles. The van der Waals surface area contributed by atoms with E-state index in [1.165, 1.54) is 18.9 Å². The van der Waals surface area contributed by atoms with Crippen LogP contribution in [0.5, 0.6) is 0 Å². The number of hydrogen-bond acceptors (Lipinski definition) is 2. The SMILES string of the molecule is CC=CC(=O)NCC1(O)CCCCCC1. The predicted molar refractivity (Wildman–Crippen MR) is 60.5 cm³/mol. The van der Waals surface area contributed by atoms with Gasteiger partial charge in [-0.05, 0) is 25.8 Å². The number of rotatable bonds is 3. The summed E-state index contributed by atoms with van der Waals surface area (Å²) in [5.41, 5.74) is -0.673. The van der Waals surface area contributed by atoms with E-state index in [-0.39, 0.29) is 5.91 Å². The fraction of sp³-hybridized carbons (Fsp3) is 0.750. The molecule has 15 heavy (non-hydrogen) atoms. The number of hydrogen-bond donors (Lipinski definition) is 2. The Balaban J connectivity index is 2.37. The largest absolute Gasteiger partial charge is 0.388 e. The van der Waals surface area contributed by atoms with E-state index in [4.69, 9.17) is 0 Å². The normalized spacial score (nSPS) is 21.2. The molecule has 0 heterocycles. The molecule has 1 rings (SSSR count). The summed E-state index contributed by atoms with van der Waals surface area (Å²) in [6.07, 6.45) is 9.33. The van der Waals surface area contributed by atoms with Crippen molar-refractivity contribution in [2.24, 2.45) is 0 Å². The molecule has 0 bridgehead atoms. The van der Waals surface area contributed by atoms with E-state index in [0.717, 1.165) is 25.7 Å². The quantitative estimate of drug-likeness (QED) is 0.552. The van der Waals surface area contributed by atoms with Crippen LogP contribution in [-0.2, 0) is 4.79 Å². The Bertz CT molecular complexity index is 228. The summed E-state index contributed by atoms with van der Waals surface area (Å²) in [4.78, 5) is 11.2. The summed E-state index contributed by atoms with van der Waals surface area (Å²) in [7, 11) is 0. The van der Waals surface area contributed by atoms with E-state index < -0.39 is 5.60 Å². The number of nitrogens with one attached hydrogen (secondary N) is 1. The molecule has 3 nitrogen and oxygen atoms in total. The number of carbonyl (C=O) groups is 1. The van der Waals surface area contributed by atoms with E-state index in [9.17, 15) is 9.90 Å². The van der Waals surface area contributed by atoms with Gasteiger partial charge in [0.2, 0.25) is 5.91 Å². The highest BCUT2D eigenvalue weighted by atomic mass is 16.3. The van der Waals surface area contributed by atoms with Crippen molar-refractivity contribution in [3.05, 3.63) is 12.2 Å². The summed E-state index contributed by atoms with van der Waals surface area (Å²) >= 11 is 0. The van der Waals surface area contributed by atoms with E-state index in [0.29, 0.717) is 6.54 Å². The van der Waals surface area contributed by atoms with Gasteiger partial charge in [-0.2, -0.15) is 0 Å². The van der Waals surface area contributed by atoms with Crippen LogP contribution in [0.4, 0.5) is 0 Å². The first-order valence-corrected chi connectivity index (χ1v) is 5.79. The van der Waals surface area contributed by atoms with Gasteiger partial charge in [0.25, 0.3) is 0 Å². The third-order valence-electron chi connectivity index (χ3n) is 2.94. The maximum absolute atomic E-state index is 11.2. The second kappa shape index (κ2) is 5.91. The van der Waals surface area contributed by atoms with Crippen molar-refractivity contribution in [2.45, 2.75) is 51.0 Å². The minimum absolute atomic E-state index is 0.116. The van der Waals surface area contributed by atoms with Crippen molar-refractivity contribution < 1.29 is 9.90 Å². The molecule has 2 N–H and O–H groups in total. The minimum Gasteiger partial charge on any atom is -0.388 e. The fourth-order valence-corrected chi connectivity index (χ4v) is 2.03. The van der Waals surface area contributed by atoms with Gasteiger partial charge in [0.15, 0.2) is 0 Å². The first-order chi connectivity index (χ1) is 7.16. The van der Waals surface area contributed by atoms with E-state index in [1.54, 1.807) is 13.0 Å². The molecule has 0 radical (unpaired) electrons. The highest BCUT2D eigenvalue weighted by Crippen LogP contribution is 2.26. The second-order valence-electron chi connectivity index (χ2n) is 4.36. The van der Waals surface area contributed by atoms with Crippen LogP contribution in [-0.4, -0.2) is 23.2 Å². The van der Waals surface area contributed by atoms with Crippen molar-refractivity contribution >= 4 is 5.91 Å². The van der Waals surface area contributed by atoms with E-state index >= 15 is 0 Å². The number of aliphatic hydroxyl groups is 1. The van der Waals surface area contributed by atoms with Gasteiger partial charge >= 0.3 is 0 Å². The van der Waals surface area contributed by atoms with E-state index in [1.807, 2.05) is 0 Å². The van der Waals surface area contributed by atoms with Crippen LogP contribution in [0.2, 0.25) is 0 Å². The first-order valence-electron chi connectivity index (χ1n) is 5.79. The molecular weight excluding hydrogens is 190 g/mol. The van der Waals surface area contributed by atoms with Crippen LogP contribution in [0.3, 0.4) is 0 Å². The zero-order valence-corrected chi connectivity index (χ0v) is 9.46. The molecule has 0 unspecified atom stereocenters. The number of amides is 1. The van der Waals surface area contributed by atoms with Gasteiger partial charge in [-0.3, -0.25) is 4.79 Å². The molecule has 0 aromatic carbocycles. The van der Waals surface area contributed by atoms with Crippen molar-refractivity contribution in [3.8, 4) is 0 Å². The van der Waals surface area contributed by atoms with Crippen LogP contribution in [0.15, 0.2) is 12.2 Å². The van der Waals surface area contributed by atoms with Crippen molar-refractivity contribution in [3.63, 3.8) is 0 Å². The Morgan fingerprint density at radius 3 is 2.47 bits per heavy atom. The van der Waals surface area contributed by atoms with Crippen LogP contribution < -0.4 is 5.32 Å². The summed E-state index contributed by atoms with van der Waals surface area (Å²) in [6.45, 7) is 2.19. The molecule has 3 heteroatoms.